The number of carbonyl (C=O) groups is 3. The number of benzene rings is 2. The number of aromatic carboxylic acids is 1. The highest BCUT2D eigenvalue weighted by atomic mass is 16.5. The van der Waals surface area contributed by atoms with E-state index < -0.39 is 94.2 Å². The van der Waals surface area contributed by atoms with Crippen LogP contribution in [0.15, 0.2) is 12.1 Å². The lowest BCUT2D eigenvalue weighted by molar-refractivity contribution is -0.232. The molecule has 34 heavy (non-hydrogen) atoms. The molecule has 0 radical (unpaired) electrons. The highest BCUT2D eigenvalue weighted by Crippen LogP contribution is 2.47. The zero-order valence-electron chi connectivity index (χ0n) is 17.5. The summed E-state index contributed by atoms with van der Waals surface area (Å²) in [5.41, 5.74) is -3.22. The summed E-state index contributed by atoms with van der Waals surface area (Å²) in [5.74, 6) is -5.97. The summed E-state index contributed by atoms with van der Waals surface area (Å²) in [6.07, 6.45) is -8.60. The standard InChI is InChI=1S/C22H20O12/c1-5-11-6(2-8(24)12(5)22(32)33)15(26)7-3-9(25)14(18(29)13(7)17(11)28)21-20(31)19(30)16(27)10(4-23)34-21/h2-3,10,16,19-21,23-25,27,29-31H,4H2,1H3,(H,32,33)/t10-,16-,19+,20-,21+/m1/s1. The number of phenolic OH excluding ortho intramolecular Hbond substituents is 2. The first kappa shape index (κ1) is 23.6. The Kier molecular flexibility index (Phi) is 5.58. The van der Waals surface area contributed by atoms with Crippen LogP contribution < -0.4 is 0 Å². The predicted octanol–water partition coefficient (Wildman–Crippen LogP) is -0.900. The van der Waals surface area contributed by atoms with Gasteiger partial charge in [0.15, 0.2) is 11.6 Å². The third kappa shape index (κ3) is 3.15. The van der Waals surface area contributed by atoms with Gasteiger partial charge in [0.05, 0.1) is 17.7 Å². The van der Waals surface area contributed by atoms with E-state index in [1.807, 2.05) is 0 Å². The number of carboxylic acids is 1. The summed E-state index contributed by atoms with van der Waals surface area (Å²) in [5, 5.41) is 80.8. The summed E-state index contributed by atoms with van der Waals surface area (Å²) in [6, 6.07) is 1.64. The van der Waals surface area contributed by atoms with E-state index in [0.717, 1.165) is 12.1 Å². The number of carboxylic acid groups (broad SMARTS) is 1. The van der Waals surface area contributed by atoms with E-state index in [-0.39, 0.29) is 16.7 Å². The molecule has 2 aromatic rings. The zero-order valence-corrected chi connectivity index (χ0v) is 17.5. The largest absolute Gasteiger partial charge is 0.507 e. The molecular weight excluding hydrogens is 456 g/mol. The van der Waals surface area contributed by atoms with Crippen molar-refractivity contribution in [1.29, 1.82) is 0 Å². The van der Waals surface area contributed by atoms with E-state index >= 15 is 0 Å². The van der Waals surface area contributed by atoms with E-state index in [0.29, 0.717) is 0 Å². The Morgan fingerprint density at radius 2 is 1.50 bits per heavy atom. The third-order valence-electron chi connectivity index (χ3n) is 6.21. The summed E-state index contributed by atoms with van der Waals surface area (Å²) in [7, 11) is 0. The van der Waals surface area contributed by atoms with Crippen molar-refractivity contribution in [3.8, 4) is 17.2 Å². The number of aromatic hydroxyl groups is 3. The number of phenols is 3. The molecule has 1 fully saturated rings. The quantitative estimate of drug-likeness (QED) is 0.230. The Morgan fingerprint density at radius 3 is 2.09 bits per heavy atom. The van der Waals surface area contributed by atoms with Crippen molar-refractivity contribution < 1.29 is 60.0 Å². The summed E-state index contributed by atoms with van der Waals surface area (Å²) in [4.78, 5) is 38.0. The van der Waals surface area contributed by atoms with Crippen molar-refractivity contribution in [3.05, 3.63) is 51.1 Å². The number of fused-ring (bicyclic) bond motifs is 2. The van der Waals surface area contributed by atoms with Crippen molar-refractivity contribution in [2.24, 2.45) is 0 Å². The topological polar surface area (TPSA) is 222 Å². The average molecular weight is 476 g/mol. The molecule has 0 amide bonds. The fraction of sp³-hybridized carbons (Fsp3) is 0.318. The summed E-state index contributed by atoms with van der Waals surface area (Å²) < 4.78 is 5.35. The minimum Gasteiger partial charge on any atom is -0.507 e. The molecule has 0 bridgehead atoms. The maximum atomic E-state index is 13.3. The third-order valence-corrected chi connectivity index (χ3v) is 6.21. The van der Waals surface area contributed by atoms with Crippen LogP contribution >= 0.6 is 0 Å². The number of ketones is 2. The van der Waals surface area contributed by atoms with E-state index in [1.165, 1.54) is 6.92 Å². The minimum atomic E-state index is -1.91. The van der Waals surface area contributed by atoms with Crippen molar-refractivity contribution >= 4 is 17.5 Å². The van der Waals surface area contributed by atoms with Crippen LogP contribution in [0.25, 0.3) is 0 Å². The second-order valence-corrected chi connectivity index (χ2v) is 8.11. The molecule has 0 aromatic heterocycles. The van der Waals surface area contributed by atoms with Crippen molar-refractivity contribution in [3.63, 3.8) is 0 Å². The van der Waals surface area contributed by atoms with Gasteiger partial charge in [0.1, 0.15) is 53.3 Å². The van der Waals surface area contributed by atoms with Gasteiger partial charge >= 0.3 is 5.97 Å². The Bertz CT molecular complexity index is 1250. The lowest BCUT2D eigenvalue weighted by Crippen LogP contribution is -2.55. The van der Waals surface area contributed by atoms with E-state index in [9.17, 15) is 55.2 Å². The number of ether oxygens (including phenoxy) is 1. The van der Waals surface area contributed by atoms with Crippen molar-refractivity contribution in [1.82, 2.24) is 0 Å². The van der Waals surface area contributed by atoms with Crippen LogP contribution in [0.2, 0.25) is 0 Å². The van der Waals surface area contributed by atoms with Crippen molar-refractivity contribution in [2.45, 2.75) is 37.4 Å². The van der Waals surface area contributed by atoms with Gasteiger partial charge in [-0.15, -0.1) is 0 Å². The molecule has 2 aromatic carbocycles. The van der Waals surface area contributed by atoms with Crippen LogP contribution in [-0.2, 0) is 4.74 Å². The first-order valence-corrected chi connectivity index (χ1v) is 10.0. The molecule has 12 heteroatoms. The van der Waals surface area contributed by atoms with Gasteiger partial charge < -0.3 is 45.6 Å². The lowest BCUT2D eigenvalue weighted by atomic mass is 9.78. The summed E-state index contributed by atoms with van der Waals surface area (Å²) >= 11 is 0. The van der Waals surface area contributed by atoms with Crippen LogP contribution in [0.3, 0.4) is 0 Å². The molecule has 5 atom stereocenters. The van der Waals surface area contributed by atoms with Crippen LogP contribution in [0.5, 0.6) is 17.2 Å². The van der Waals surface area contributed by atoms with Gasteiger partial charge in [-0.2, -0.15) is 0 Å². The second kappa shape index (κ2) is 8.04. The molecule has 2 aliphatic rings. The highest BCUT2D eigenvalue weighted by Gasteiger charge is 2.47. The first-order chi connectivity index (χ1) is 15.9. The molecule has 0 spiro atoms. The van der Waals surface area contributed by atoms with Crippen LogP contribution in [-0.4, -0.2) is 89.4 Å². The molecule has 1 aliphatic carbocycles. The van der Waals surface area contributed by atoms with Crippen LogP contribution in [0.1, 0.15) is 59.4 Å². The maximum absolute atomic E-state index is 13.3. The van der Waals surface area contributed by atoms with E-state index in [4.69, 9.17) is 4.74 Å². The number of aliphatic hydroxyl groups is 4. The number of hydrogen-bond acceptors (Lipinski definition) is 11. The second-order valence-electron chi connectivity index (χ2n) is 8.11. The van der Waals surface area contributed by atoms with Gasteiger partial charge in [0.25, 0.3) is 0 Å². The van der Waals surface area contributed by atoms with Gasteiger partial charge in [-0.3, -0.25) is 9.59 Å². The molecule has 0 unspecified atom stereocenters. The molecule has 1 heterocycles. The van der Waals surface area contributed by atoms with Gasteiger partial charge in [0.2, 0.25) is 0 Å². The number of carbonyl (C=O) groups excluding carboxylic acids is 2. The Morgan fingerprint density at radius 1 is 0.912 bits per heavy atom. The van der Waals surface area contributed by atoms with Crippen LogP contribution in [0.4, 0.5) is 0 Å². The lowest BCUT2D eigenvalue weighted by Gasteiger charge is -2.40. The molecule has 12 nitrogen and oxygen atoms in total. The molecule has 1 saturated heterocycles. The normalized spacial score (nSPS) is 26.2. The molecule has 8 N–H and O–H groups in total. The number of aliphatic hydroxyl groups excluding tert-OH is 4. The SMILES string of the molecule is Cc1c(C(=O)O)c(O)cc2c1C(=O)c1c(cc(O)c([C@@H]3O[C@H](CO)[C@@H](O)[C@H](O)[C@H]3O)c1O)C2=O. The molecule has 1 aliphatic heterocycles. The smallest absolute Gasteiger partial charge is 0.339 e. The molecule has 0 saturated carbocycles. The zero-order chi connectivity index (χ0) is 25.2. The van der Waals surface area contributed by atoms with Gasteiger partial charge in [-0.05, 0) is 24.6 Å². The van der Waals surface area contributed by atoms with E-state index in [2.05, 4.69) is 0 Å². The number of hydrogen-bond donors (Lipinski definition) is 8. The Hall–Kier alpha value is -3.55. The Balaban J connectivity index is 1.93. The fourth-order valence-electron chi connectivity index (χ4n) is 4.51. The minimum absolute atomic E-state index is 0.228. The van der Waals surface area contributed by atoms with E-state index in [1.54, 1.807) is 0 Å². The first-order valence-electron chi connectivity index (χ1n) is 10.0. The summed E-state index contributed by atoms with van der Waals surface area (Å²) in [6.45, 7) is 0.410. The fourth-order valence-corrected chi connectivity index (χ4v) is 4.51. The highest BCUT2D eigenvalue weighted by molar-refractivity contribution is 6.30. The van der Waals surface area contributed by atoms with Gasteiger partial charge in [0, 0.05) is 16.7 Å². The van der Waals surface area contributed by atoms with Gasteiger partial charge in [-0.25, -0.2) is 4.79 Å². The molecule has 180 valence electrons. The monoisotopic (exact) mass is 476 g/mol. The predicted molar refractivity (Wildman–Crippen MR) is 109 cm³/mol. The van der Waals surface area contributed by atoms with Gasteiger partial charge in [-0.1, -0.05) is 0 Å². The number of rotatable bonds is 3. The Labute approximate surface area is 190 Å². The van der Waals surface area contributed by atoms with Crippen molar-refractivity contribution in [2.75, 3.05) is 6.61 Å². The van der Waals surface area contributed by atoms with Crippen LogP contribution in [0, 0.1) is 6.92 Å². The molecule has 4 rings (SSSR count). The average Bonchev–Trinajstić information content (AvgIpc) is 2.76. The maximum Gasteiger partial charge on any atom is 0.339 e. The molecular formula is C22H20O12.